The fourth-order valence-electron chi connectivity index (χ4n) is 3.35. The molecule has 8 nitrogen and oxygen atoms in total. The predicted molar refractivity (Wildman–Crippen MR) is 119 cm³/mol. The van der Waals surface area contributed by atoms with Crippen molar-refractivity contribution in [2.45, 2.75) is 31.1 Å². The number of sulfonamides is 1. The molecule has 0 aromatic heterocycles. The van der Waals surface area contributed by atoms with E-state index in [0.29, 0.717) is 35.8 Å². The lowest BCUT2D eigenvalue weighted by molar-refractivity contribution is -0.118. The van der Waals surface area contributed by atoms with Gasteiger partial charge >= 0.3 is 0 Å². The lowest BCUT2D eigenvalue weighted by Crippen LogP contribution is -2.28. The molecule has 31 heavy (non-hydrogen) atoms. The maximum absolute atomic E-state index is 12.6. The minimum atomic E-state index is -3.78. The van der Waals surface area contributed by atoms with Gasteiger partial charge in [-0.25, -0.2) is 13.1 Å². The highest BCUT2D eigenvalue weighted by atomic mass is 35.5. The Balaban J connectivity index is 1.57. The summed E-state index contributed by atoms with van der Waals surface area (Å²) in [6, 6.07) is 9.54. The monoisotopic (exact) mass is 465 g/mol. The largest absolute Gasteiger partial charge is 0.495 e. The Morgan fingerprint density at radius 3 is 2.65 bits per heavy atom. The number of halogens is 1. The van der Waals surface area contributed by atoms with Crippen LogP contribution < -0.4 is 19.7 Å². The summed E-state index contributed by atoms with van der Waals surface area (Å²) < 4.78 is 32.7. The highest BCUT2D eigenvalue weighted by Crippen LogP contribution is 2.30. The Hall–Kier alpha value is -2.62. The number of rotatable bonds is 8. The third-order valence-corrected chi connectivity index (χ3v) is 6.69. The van der Waals surface area contributed by atoms with Crippen LogP contribution in [0, 0.1) is 0 Å². The van der Waals surface area contributed by atoms with E-state index in [0.717, 1.165) is 11.3 Å². The molecule has 2 amide bonds. The first-order chi connectivity index (χ1) is 14.7. The molecular formula is C21H24ClN3O5S. The number of hydrogen-bond donors (Lipinski definition) is 2. The number of amides is 2. The average molecular weight is 466 g/mol. The number of carbonyl (C=O) groups is 2. The average Bonchev–Trinajstić information content (AvgIpc) is 3.16. The number of ether oxygens (including phenoxy) is 1. The van der Waals surface area contributed by atoms with Crippen LogP contribution in [0.4, 0.5) is 11.4 Å². The van der Waals surface area contributed by atoms with Gasteiger partial charge in [0.15, 0.2) is 0 Å². The molecule has 0 unspecified atom stereocenters. The van der Waals surface area contributed by atoms with Gasteiger partial charge in [-0.05, 0) is 48.4 Å². The van der Waals surface area contributed by atoms with Crippen LogP contribution in [0.15, 0.2) is 41.3 Å². The van der Waals surface area contributed by atoms with Gasteiger partial charge in [0, 0.05) is 37.3 Å². The van der Waals surface area contributed by atoms with Crippen LogP contribution in [0.1, 0.15) is 25.3 Å². The molecule has 0 saturated heterocycles. The summed E-state index contributed by atoms with van der Waals surface area (Å²) in [4.78, 5) is 25.9. The van der Waals surface area contributed by atoms with Crippen LogP contribution in [0.5, 0.6) is 5.75 Å². The van der Waals surface area contributed by atoms with Crippen LogP contribution in [0.25, 0.3) is 0 Å². The minimum Gasteiger partial charge on any atom is -0.495 e. The zero-order chi connectivity index (χ0) is 22.6. The van der Waals surface area contributed by atoms with Gasteiger partial charge in [0.25, 0.3) is 0 Å². The van der Waals surface area contributed by atoms with Crippen LogP contribution in [-0.4, -0.2) is 40.4 Å². The second-order valence-electron chi connectivity index (χ2n) is 6.98. The lowest BCUT2D eigenvalue weighted by Gasteiger charge is -2.16. The Morgan fingerprint density at radius 2 is 1.97 bits per heavy atom. The van der Waals surface area contributed by atoms with E-state index < -0.39 is 10.0 Å². The fourth-order valence-corrected chi connectivity index (χ4v) is 4.68. The molecule has 0 fully saturated rings. The molecule has 0 aliphatic carbocycles. The summed E-state index contributed by atoms with van der Waals surface area (Å²) in [5.41, 5.74) is 2.06. The summed E-state index contributed by atoms with van der Waals surface area (Å²) in [7, 11) is -2.29. The molecular weight excluding hydrogens is 442 g/mol. The molecule has 1 heterocycles. The summed E-state index contributed by atoms with van der Waals surface area (Å²) in [6.07, 6.45) is 0.954. The molecule has 3 rings (SSSR count). The Bertz CT molecular complexity index is 1100. The van der Waals surface area contributed by atoms with Crippen molar-refractivity contribution >= 4 is 44.8 Å². The van der Waals surface area contributed by atoms with E-state index >= 15 is 0 Å². The molecule has 2 aromatic rings. The number of benzene rings is 2. The van der Waals surface area contributed by atoms with Crippen molar-refractivity contribution in [3.8, 4) is 5.75 Å². The fraction of sp³-hybridized carbons (Fsp3) is 0.333. The van der Waals surface area contributed by atoms with E-state index in [-0.39, 0.29) is 29.7 Å². The number of anilines is 2. The van der Waals surface area contributed by atoms with Gasteiger partial charge in [0.05, 0.1) is 17.0 Å². The van der Waals surface area contributed by atoms with E-state index in [9.17, 15) is 18.0 Å². The molecule has 1 aliphatic rings. The molecule has 166 valence electrons. The minimum absolute atomic E-state index is 0.0108. The first kappa shape index (κ1) is 23.1. The predicted octanol–water partition coefficient (Wildman–Crippen LogP) is 2.95. The normalized spacial score (nSPS) is 13.1. The maximum atomic E-state index is 12.6. The van der Waals surface area contributed by atoms with Crippen LogP contribution >= 0.6 is 11.6 Å². The molecule has 0 atom stereocenters. The van der Waals surface area contributed by atoms with Crippen LogP contribution in [-0.2, 0) is 26.0 Å². The molecule has 0 spiro atoms. The summed E-state index contributed by atoms with van der Waals surface area (Å²) in [6.45, 7) is 2.28. The van der Waals surface area contributed by atoms with Gasteiger partial charge in [0.1, 0.15) is 5.75 Å². The molecule has 0 radical (unpaired) electrons. The molecule has 0 bridgehead atoms. The first-order valence-corrected chi connectivity index (χ1v) is 11.7. The maximum Gasteiger partial charge on any atom is 0.240 e. The third kappa shape index (κ3) is 5.36. The quantitative estimate of drug-likeness (QED) is 0.623. The van der Waals surface area contributed by atoms with E-state index in [4.69, 9.17) is 16.3 Å². The Kier molecular flexibility index (Phi) is 7.19. The van der Waals surface area contributed by atoms with E-state index in [1.54, 1.807) is 42.2 Å². The third-order valence-electron chi connectivity index (χ3n) is 4.94. The number of carbonyl (C=O) groups excluding carboxylic acids is 2. The van der Waals surface area contributed by atoms with Crippen LogP contribution in [0.2, 0.25) is 5.02 Å². The van der Waals surface area contributed by atoms with E-state index in [2.05, 4.69) is 10.0 Å². The zero-order valence-corrected chi connectivity index (χ0v) is 18.8. The van der Waals surface area contributed by atoms with Gasteiger partial charge in [-0.15, -0.1) is 0 Å². The molecule has 1 aliphatic heterocycles. The Morgan fingerprint density at radius 1 is 1.19 bits per heavy atom. The van der Waals surface area contributed by atoms with Crippen molar-refractivity contribution in [1.82, 2.24) is 4.72 Å². The van der Waals surface area contributed by atoms with Crippen molar-refractivity contribution < 1.29 is 22.7 Å². The Labute approximate surface area is 186 Å². The summed E-state index contributed by atoms with van der Waals surface area (Å²) in [5, 5.41) is 3.02. The number of nitrogens with one attached hydrogen (secondary N) is 2. The highest BCUT2D eigenvalue weighted by molar-refractivity contribution is 7.89. The summed E-state index contributed by atoms with van der Waals surface area (Å²) in [5.74, 6) is 0.146. The van der Waals surface area contributed by atoms with Crippen molar-refractivity contribution in [1.29, 1.82) is 0 Å². The second-order valence-corrected chi connectivity index (χ2v) is 9.16. The molecule has 2 aromatic carbocycles. The second kappa shape index (κ2) is 9.67. The number of methoxy groups -OCH3 is 1. The van der Waals surface area contributed by atoms with E-state index in [1.807, 2.05) is 0 Å². The van der Waals surface area contributed by atoms with Crippen molar-refractivity contribution in [2.24, 2.45) is 0 Å². The lowest BCUT2D eigenvalue weighted by atomic mass is 10.2. The van der Waals surface area contributed by atoms with Gasteiger partial charge in [-0.1, -0.05) is 18.5 Å². The van der Waals surface area contributed by atoms with Gasteiger partial charge in [-0.2, -0.15) is 0 Å². The number of fused-ring (bicyclic) bond motifs is 1. The molecule has 2 N–H and O–H groups in total. The van der Waals surface area contributed by atoms with Gasteiger partial charge < -0.3 is 15.0 Å². The van der Waals surface area contributed by atoms with Crippen molar-refractivity contribution in [3.05, 3.63) is 47.0 Å². The smallest absolute Gasteiger partial charge is 0.240 e. The molecule has 10 heteroatoms. The number of nitrogens with zero attached hydrogens (tertiary/aromatic N) is 1. The zero-order valence-electron chi connectivity index (χ0n) is 17.3. The van der Waals surface area contributed by atoms with Crippen LogP contribution in [0.3, 0.4) is 0 Å². The molecule has 0 saturated carbocycles. The van der Waals surface area contributed by atoms with Crippen molar-refractivity contribution in [3.63, 3.8) is 0 Å². The standard InChI is InChI=1S/C21H24ClN3O5S/c1-3-21(27)25-11-9-14-12-16(5-6-18(14)25)31(28,29)23-10-8-20(26)24-15-4-7-19(30-2)17(22)13-15/h4-7,12-13,23H,3,8-11H2,1-2H3,(H,24,26). The topological polar surface area (TPSA) is 105 Å². The first-order valence-electron chi connectivity index (χ1n) is 9.81. The highest BCUT2D eigenvalue weighted by Gasteiger charge is 2.25. The summed E-state index contributed by atoms with van der Waals surface area (Å²) >= 11 is 6.03. The van der Waals surface area contributed by atoms with Gasteiger partial charge in [0.2, 0.25) is 21.8 Å². The van der Waals surface area contributed by atoms with Gasteiger partial charge in [-0.3, -0.25) is 9.59 Å². The van der Waals surface area contributed by atoms with Crippen molar-refractivity contribution in [2.75, 3.05) is 30.4 Å². The van der Waals surface area contributed by atoms with E-state index in [1.165, 1.54) is 13.2 Å². The SMILES string of the molecule is CCC(=O)N1CCc2cc(S(=O)(=O)NCCC(=O)Nc3ccc(OC)c(Cl)c3)ccc21. The number of hydrogen-bond acceptors (Lipinski definition) is 5.